The van der Waals surface area contributed by atoms with Crippen molar-refractivity contribution < 1.29 is 17.9 Å². The minimum Gasteiger partial charge on any atom is -0.497 e. The Bertz CT molecular complexity index is 1810. The van der Waals surface area contributed by atoms with Crippen LogP contribution in [-0.4, -0.2) is 37.2 Å². The summed E-state index contributed by atoms with van der Waals surface area (Å²) in [5.41, 5.74) is 1.51. The number of rotatable bonds is 8. The van der Waals surface area contributed by atoms with E-state index in [4.69, 9.17) is 9.47 Å². The van der Waals surface area contributed by atoms with Crippen molar-refractivity contribution in [3.8, 4) is 17.2 Å². The van der Waals surface area contributed by atoms with Crippen LogP contribution in [0.25, 0.3) is 16.6 Å². The van der Waals surface area contributed by atoms with Crippen molar-refractivity contribution in [2.24, 2.45) is 0 Å². The summed E-state index contributed by atoms with van der Waals surface area (Å²) in [6.07, 6.45) is 2.98. The number of halogens is 1. The third kappa shape index (κ3) is 5.23. The second-order valence-electron chi connectivity index (χ2n) is 8.45. The lowest BCUT2D eigenvalue weighted by atomic mass is 10.2. The van der Waals surface area contributed by atoms with Crippen molar-refractivity contribution in [2.75, 3.05) is 18.5 Å². The molecule has 11 heteroatoms. The highest BCUT2D eigenvalue weighted by Crippen LogP contribution is 2.30. The van der Waals surface area contributed by atoms with E-state index in [0.29, 0.717) is 28.1 Å². The molecular formula is C28H23BrN4O5S. The first-order valence-electron chi connectivity index (χ1n) is 11.7. The highest BCUT2D eigenvalue weighted by molar-refractivity contribution is 9.10. The van der Waals surface area contributed by atoms with E-state index in [2.05, 4.69) is 25.9 Å². The van der Waals surface area contributed by atoms with Crippen LogP contribution in [0.15, 0.2) is 105 Å². The van der Waals surface area contributed by atoms with E-state index < -0.39 is 10.0 Å². The van der Waals surface area contributed by atoms with Crippen molar-refractivity contribution >= 4 is 42.8 Å². The van der Waals surface area contributed by atoms with E-state index in [1.807, 2.05) is 0 Å². The molecule has 0 N–H and O–H groups in total. The van der Waals surface area contributed by atoms with E-state index in [1.165, 1.54) is 42.3 Å². The maximum atomic E-state index is 14.0. The molecule has 5 rings (SSSR count). The van der Waals surface area contributed by atoms with Gasteiger partial charge in [0.05, 0.1) is 36.9 Å². The van der Waals surface area contributed by atoms with Crippen molar-refractivity contribution in [1.82, 2.24) is 14.5 Å². The lowest BCUT2D eigenvalue weighted by Crippen LogP contribution is -2.32. The van der Waals surface area contributed by atoms with Gasteiger partial charge in [-0.2, -0.15) is 0 Å². The molecule has 0 spiro atoms. The monoisotopic (exact) mass is 606 g/mol. The Morgan fingerprint density at radius 3 is 2.33 bits per heavy atom. The molecule has 0 saturated heterocycles. The molecule has 39 heavy (non-hydrogen) atoms. The molecule has 0 saturated carbocycles. The van der Waals surface area contributed by atoms with E-state index in [1.54, 1.807) is 67.8 Å². The average Bonchev–Trinajstić information content (AvgIpc) is 2.96. The minimum atomic E-state index is -4.11. The number of hydrogen-bond acceptors (Lipinski definition) is 7. The number of methoxy groups -OCH3 is 2. The topological polar surface area (TPSA) is 104 Å². The van der Waals surface area contributed by atoms with Crippen LogP contribution in [0.2, 0.25) is 0 Å². The van der Waals surface area contributed by atoms with Crippen molar-refractivity contribution in [3.05, 3.63) is 112 Å². The Labute approximate surface area is 233 Å². The Balaban J connectivity index is 1.62. The number of ether oxygens (including phenoxy) is 2. The molecular weight excluding hydrogens is 584 g/mol. The summed E-state index contributed by atoms with van der Waals surface area (Å²) >= 11 is 3.42. The van der Waals surface area contributed by atoms with Crippen molar-refractivity contribution in [1.29, 1.82) is 0 Å². The van der Waals surface area contributed by atoms with E-state index in [0.717, 1.165) is 14.3 Å². The van der Waals surface area contributed by atoms with Crippen LogP contribution in [0.3, 0.4) is 0 Å². The molecule has 0 aliphatic heterocycles. The van der Waals surface area contributed by atoms with Gasteiger partial charge in [0.25, 0.3) is 15.6 Å². The van der Waals surface area contributed by atoms with Crippen LogP contribution in [0, 0.1) is 0 Å². The summed E-state index contributed by atoms with van der Waals surface area (Å²) in [6.45, 7) is 0.00394. The van der Waals surface area contributed by atoms with Gasteiger partial charge in [0, 0.05) is 28.3 Å². The van der Waals surface area contributed by atoms with Crippen LogP contribution in [-0.2, 0) is 16.6 Å². The second kappa shape index (κ2) is 10.9. The molecule has 0 atom stereocenters. The van der Waals surface area contributed by atoms with Gasteiger partial charge in [0.1, 0.15) is 11.5 Å². The third-order valence-electron chi connectivity index (χ3n) is 6.10. The van der Waals surface area contributed by atoms with Crippen molar-refractivity contribution in [2.45, 2.75) is 11.4 Å². The number of benzene rings is 3. The fourth-order valence-corrected chi connectivity index (χ4v) is 5.92. The van der Waals surface area contributed by atoms with Crippen LogP contribution >= 0.6 is 15.9 Å². The fourth-order valence-electron chi connectivity index (χ4n) is 4.18. The third-order valence-corrected chi connectivity index (χ3v) is 8.31. The van der Waals surface area contributed by atoms with Crippen LogP contribution in [0.5, 0.6) is 11.5 Å². The lowest BCUT2D eigenvalue weighted by molar-refractivity contribution is 0.412. The summed E-state index contributed by atoms with van der Waals surface area (Å²) in [4.78, 5) is 21.4. The zero-order valence-electron chi connectivity index (χ0n) is 21.0. The SMILES string of the molecule is COc1ccc(CN(c2ncccn2)S(=O)(=O)c2ccc3c(ccc(=O)n3-c3ccc(Br)cc3OC)c2)cc1. The standard InChI is InChI=1S/C28H23BrN4O5S/c1-37-22-8-4-19(5-9-22)18-32(28-30-14-3-15-31-28)39(35,36)23-10-12-24-20(16-23)6-13-27(34)33(24)25-11-7-21(29)17-26(25)38-2/h3-17H,18H2,1-2H3. The molecule has 0 aliphatic rings. The number of fused-ring (bicyclic) bond motifs is 1. The zero-order chi connectivity index (χ0) is 27.6. The molecule has 9 nitrogen and oxygen atoms in total. The van der Waals surface area contributed by atoms with Gasteiger partial charge in [0.2, 0.25) is 5.95 Å². The molecule has 5 aromatic rings. The first kappa shape index (κ1) is 26.4. The second-order valence-corrected chi connectivity index (χ2v) is 11.2. The summed E-state index contributed by atoms with van der Waals surface area (Å²) in [6, 6.07) is 21.7. The zero-order valence-corrected chi connectivity index (χ0v) is 23.4. The summed E-state index contributed by atoms with van der Waals surface area (Å²) in [7, 11) is -1.02. The molecule has 198 valence electrons. The molecule has 0 bridgehead atoms. The number of hydrogen-bond donors (Lipinski definition) is 0. The summed E-state index contributed by atoms with van der Waals surface area (Å²) in [5.74, 6) is 1.19. The van der Waals surface area contributed by atoms with Gasteiger partial charge in [-0.3, -0.25) is 9.36 Å². The molecule has 3 aromatic carbocycles. The summed E-state index contributed by atoms with van der Waals surface area (Å²) < 4.78 is 42.1. The molecule has 2 aromatic heterocycles. The van der Waals surface area contributed by atoms with Gasteiger partial charge < -0.3 is 9.47 Å². The fraction of sp³-hybridized carbons (Fsp3) is 0.107. The molecule has 0 aliphatic carbocycles. The lowest BCUT2D eigenvalue weighted by Gasteiger charge is -2.23. The van der Waals surface area contributed by atoms with Gasteiger partial charge >= 0.3 is 0 Å². The van der Waals surface area contributed by atoms with Gasteiger partial charge in [-0.25, -0.2) is 22.7 Å². The Kier molecular flexibility index (Phi) is 7.36. The Morgan fingerprint density at radius 2 is 1.64 bits per heavy atom. The highest BCUT2D eigenvalue weighted by Gasteiger charge is 2.28. The smallest absolute Gasteiger partial charge is 0.266 e. The molecule has 0 radical (unpaired) electrons. The highest BCUT2D eigenvalue weighted by atomic mass is 79.9. The van der Waals surface area contributed by atoms with Gasteiger partial charge in [-0.05, 0) is 66.2 Å². The maximum Gasteiger partial charge on any atom is 0.266 e. The summed E-state index contributed by atoms with van der Waals surface area (Å²) in [5, 5.41) is 0.555. The normalized spacial score (nSPS) is 11.4. The Hall–Kier alpha value is -4.22. The van der Waals surface area contributed by atoms with Gasteiger partial charge in [0.15, 0.2) is 0 Å². The number of pyridine rings is 1. The Morgan fingerprint density at radius 1 is 0.897 bits per heavy atom. The predicted octanol–water partition coefficient (Wildman–Crippen LogP) is 4.96. The molecule has 0 unspecified atom stereocenters. The number of anilines is 1. The van der Waals surface area contributed by atoms with Crippen LogP contribution in [0.1, 0.15) is 5.56 Å². The van der Waals surface area contributed by atoms with Gasteiger partial charge in [-0.15, -0.1) is 0 Å². The van der Waals surface area contributed by atoms with E-state index >= 15 is 0 Å². The van der Waals surface area contributed by atoms with Gasteiger partial charge in [-0.1, -0.05) is 28.1 Å². The van der Waals surface area contributed by atoms with Crippen molar-refractivity contribution in [3.63, 3.8) is 0 Å². The van der Waals surface area contributed by atoms with E-state index in [9.17, 15) is 13.2 Å². The molecule has 2 heterocycles. The quantitative estimate of drug-likeness (QED) is 0.246. The molecule has 0 fully saturated rings. The number of nitrogens with zero attached hydrogens (tertiary/aromatic N) is 4. The molecule has 0 amide bonds. The van der Waals surface area contributed by atoms with Crippen LogP contribution < -0.4 is 19.3 Å². The largest absolute Gasteiger partial charge is 0.497 e. The first-order valence-corrected chi connectivity index (χ1v) is 14.0. The number of sulfonamides is 1. The predicted molar refractivity (Wildman–Crippen MR) is 152 cm³/mol. The minimum absolute atomic E-state index is 0.00394. The number of aromatic nitrogens is 3. The van der Waals surface area contributed by atoms with Crippen LogP contribution in [0.4, 0.5) is 5.95 Å². The first-order chi connectivity index (χ1) is 18.8. The maximum absolute atomic E-state index is 14.0. The average molecular weight is 607 g/mol. The van der Waals surface area contributed by atoms with E-state index in [-0.39, 0.29) is 22.9 Å².